The van der Waals surface area contributed by atoms with E-state index in [9.17, 15) is 0 Å². The molecule has 0 aromatic carbocycles. The highest BCUT2D eigenvalue weighted by molar-refractivity contribution is 5.00. The Morgan fingerprint density at radius 2 is 2.14 bits per heavy atom. The summed E-state index contributed by atoms with van der Waals surface area (Å²) in [5.74, 6) is 2.71. The molecule has 1 fully saturated rings. The minimum Gasteiger partial charge on any atom is -0.317 e. The van der Waals surface area contributed by atoms with Crippen LogP contribution in [0.25, 0.3) is 0 Å². The topological polar surface area (TPSA) is 42.7 Å². The molecule has 4 heteroatoms. The predicted molar refractivity (Wildman–Crippen MR) is 55.2 cm³/mol. The lowest BCUT2D eigenvalue weighted by Crippen LogP contribution is -2.27. The van der Waals surface area contributed by atoms with Crippen molar-refractivity contribution in [2.24, 2.45) is 7.05 Å². The molecule has 0 unspecified atom stereocenters. The van der Waals surface area contributed by atoms with E-state index in [1.807, 2.05) is 11.7 Å². The van der Waals surface area contributed by atoms with E-state index in [1.54, 1.807) is 0 Å². The van der Waals surface area contributed by atoms with E-state index in [-0.39, 0.29) is 0 Å². The van der Waals surface area contributed by atoms with Crippen LogP contribution in [-0.2, 0) is 13.5 Å². The molecule has 1 aromatic rings. The Labute approximate surface area is 84.7 Å². The molecule has 1 aromatic heterocycles. The smallest absolute Gasteiger partial charge is 0.154 e. The number of aryl methyl sites for hydroxylation is 2. The van der Waals surface area contributed by atoms with Crippen LogP contribution in [0.1, 0.15) is 37.3 Å². The second kappa shape index (κ2) is 4.09. The lowest BCUT2D eigenvalue weighted by atomic mass is 9.98. The fourth-order valence-corrected chi connectivity index (χ4v) is 2.00. The van der Waals surface area contributed by atoms with Gasteiger partial charge in [-0.2, -0.15) is 5.10 Å². The summed E-state index contributed by atoms with van der Waals surface area (Å²) in [5.41, 5.74) is 0. The average Bonchev–Trinajstić information content (AvgIpc) is 2.61. The summed E-state index contributed by atoms with van der Waals surface area (Å²) in [5, 5.41) is 7.84. The molecular weight excluding hydrogens is 176 g/mol. The van der Waals surface area contributed by atoms with Crippen molar-refractivity contribution in [2.45, 2.75) is 32.1 Å². The molecule has 1 N–H and O–H groups in total. The molecule has 1 aliphatic rings. The molecule has 14 heavy (non-hydrogen) atoms. The first-order valence-corrected chi connectivity index (χ1v) is 5.41. The number of hydrogen-bond donors (Lipinski definition) is 1. The average molecular weight is 194 g/mol. The van der Waals surface area contributed by atoms with Crippen LogP contribution in [0.5, 0.6) is 0 Å². The number of rotatable bonds is 2. The zero-order valence-electron chi connectivity index (χ0n) is 8.95. The Morgan fingerprint density at radius 3 is 2.71 bits per heavy atom. The summed E-state index contributed by atoms with van der Waals surface area (Å²) >= 11 is 0. The second-order valence-corrected chi connectivity index (χ2v) is 3.89. The molecule has 4 nitrogen and oxygen atoms in total. The van der Waals surface area contributed by atoms with Gasteiger partial charge in [-0.15, -0.1) is 0 Å². The normalized spacial score (nSPS) is 18.7. The van der Waals surface area contributed by atoms with Gasteiger partial charge < -0.3 is 5.32 Å². The summed E-state index contributed by atoms with van der Waals surface area (Å²) in [6.45, 7) is 4.32. The molecule has 0 saturated carbocycles. The van der Waals surface area contributed by atoms with Gasteiger partial charge in [0, 0.05) is 19.4 Å². The van der Waals surface area contributed by atoms with Gasteiger partial charge in [0.15, 0.2) is 5.82 Å². The molecule has 0 atom stereocenters. The Hall–Kier alpha value is -0.900. The molecule has 0 radical (unpaired) electrons. The van der Waals surface area contributed by atoms with E-state index < -0.39 is 0 Å². The van der Waals surface area contributed by atoms with Crippen molar-refractivity contribution in [1.82, 2.24) is 20.1 Å². The van der Waals surface area contributed by atoms with E-state index in [4.69, 9.17) is 0 Å². The van der Waals surface area contributed by atoms with Gasteiger partial charge in [0.05, 0.1) is 0 Å². The zero-order valence-corrected chi connectivity index (χ0v) is 8.95. The van der Waals surface area contributed by atoms with E-state index in [2.05, 4.69) is 22.3 Å². The highest BCUT2D eigenvalue weighted by Gasteiger charge is 2.19. The second-order valence-electron chi connectivity index (χ2n) is 3.89. The highest BCUT2D eigenvalue weighted by Crippen LogP contribution is 2.22. The fraction of sp³-hybridized carbons (Fsp3) is 0.800. The van der Waals surface area contributed by atoms with E-state index >= 15 is 0 Å². The summed E-state index contributed by atoms with van der Waals surface area (Å²) in [4.78, 5) is 4.58. The van der Waals surface area contributed by atoms with Gasteiger partial charge in [0.2, 0.25) is 0 Å². The lowest BCUT2D eigenvalue weighted by molar-refractivity contribution is 0.443. The van der Waals surface area contributed by atoms with Crippen molar-refractivity contribution in [3.8, 4) is 0 Å². The van der Waals surface area contributed by atoms with Crippen LogP contribution in [0.3, 0.4) is 0 Å². The van der Waals surface area contributed by atoms with Crippen LogP contribution in [0.15, 0.2) is 0 Å². The van der Waals surface area contributed by atoms with Gasteiger partial charge in [-0.25, -0.2) is 4.98 Å². The first-order chi connectivity index (χ1) is 6.81. The Morgan fingerprint density at radius 1 is 1.43 bits per heavy atom. The number of hydrogen-bond acceptors (Lipinski definition) is 3. The summed E-state index contributed by atoms with van der Waals surface area (Å²) < 4.78 is 1.91. The third-order valence-corrected chi connectivity index (χ3v) is 2.89. The van der Waals surface area contributed by atoms with E-state index in [0.717, 1.165) is 31.2 Å². The molecular formula is C10H18N4. The summed E-state index contributed by atoms with van der Waals surface area (Å²) in [6, 6.07) is 0. The molecule has 1 aliphatic heterocycles. The Kier molecular flexibility index (Phi) is 2.82. The van der Waals surface area contributed by atoms with Gasteiger partial charge in [0.25, 0.3) is 0 Å². The van der Waals surface area contributed by atoms with Crippen LogP contribution >= 0.6 is 0 Å². The maximum atomic E-state index is 4.58. The van der Waals surface area contributed by atoms with Crippen molar-refractivity contribution in [3.63, 3.8) is 0 Å². The predicted octanol–water partition coefficient (Wildman–Crippen LogP) is 0.844. The molecule has 1 saturated heterocycles. The fourth-order valence-electron chi connectivity index (χ4n) is 2.00. The number of piperidine rings is 1. The molecule has 0 bridgehead atoms. The molecule has 0 aliphatic carbocycles. The van der Waals surface area contributed by atoms with Crippen molar-refractivity contribution in [2.75, 3.05) is 13.1 Å². The SMILES string of the molecule is CCc1nc(C2CCNCC2)nn1C. The molecule has 2 heterocycles. The third-order valence-electron chi connectivity index (χ3n) is 2.89. The zero-order chi connectivity index (χ0) is 9.97. The monoisotopic (exact) mass is 194 g/mol. The van der Waals surface area contributed by atoms with Gasteiger partial charge in [-0.3, -0.25) is 4.68 Å². The van der Waals surface area contributed by atoms with Gasteiger partial charge in [-0.1, -0.05) is 6.92 Å². The Balaban J connectivity index is 2.14. The summed E-state index contributed by atoms with van der Waals surface area (Å²) in [6.07, 6.45) is 3.31. The first kappa shape index (κ1) is 9.65. The molecule has 0 amide bonds. The van der Waals surface area contributed by atoms with Crippen LogP contribution in [0.2, 0.25) is 0 Å². The maximum Gasteiger partial charge on any atom is 0.154 e. The van der Waals surface area contributed by atoms with Crippen LogP contribution in [0, 0.1) is 0 Å². The quantitative estimate of drug-likeness (QED) is 0.759. The summed E-state index contributed by atoms with van der Waals surface area (Å²) in [7, 11) is 1.98. The Bertz CT molecular complexity index is 299. The first-order valence-electron chi connectivity index (χ1n) is 5.41. The molecule has 0 spiro atoms. The van der Waals surface area contributed by atoms with E-state index in [0.29, 0.717) is 5.92 Å². The van der Waals surface area contributed by atoms with Crippen LogP contribution < -0.4 is 5.32 Å². The van der Waals surface area contributed by atoms with Crippen LogP contribution in [0.4, 0.5) is 0 Å². The lowest BCUT2D eigenvalue weighted by Gasteiger charge is -2.19. The number of aromatic nitrogens is 3. The van der Waals surface area contributed by atoms with Gasteiger partial charge >= 0.3 is 0 Å². The minimum absolute atomic E-state index is 0.572. The number of nitrogens with one attached hydrogen (secondary N) is 1. The van der Waals surface area contributed by atoms with Crippen molar-refractivity contribution < 1.29 is 0 Å². The van der Waals surface area contributed by atoms with Gasteiger partial charge in [0.1, 0.15) is 5.82 Å². The molecule has 78 valence electrons. The van der Waals surface area contributed by atoms with Crippen molar-refractivity contribution >= 4 is 0 Å². The van der Waals surface area contributed by atoms with Crippen molar-refractivity contribution in [1.29, 1.82) is 0 Å². The molecule has 2 rings (SSSR count). The standard InChI is InChI=1S/C10H18N4/c1-3-9-12-10(13-14(9)2)8-4-6-11-7-5-8/h8,11H,3-7H2,1-2H3. The highest BCUT2D eigenvalue weighted by atomic mass is 15.3. The van der Waals surface area contributed by atoms with Crippen LogP contribution in [-0.4, -0.2) is 27.9 Å². The maximum absolute atomic E-state index is 4.58. The van der Waals surface area contributed by atoms with Gasteiger partial charge in [-0.05, 0) is 25.9 Å². The van der Waals surface area contributed by atoms with E-state index in [1.165, 1.54) is 12.8 Å². The third kappa shape index (κ3) is 1.80. The van der Waals surface area contributed by atoms with Crippen molar-refractivity contribution in [3.05, 3.63) is 11.6 Å². The minimum atomic E-state index is 0.572. The number of nitrogens with zero attached hydrogens (tertiary/aromatic N) is 3. The largest absolute Gasteiger partial charge is 0.317 e.